The van der Waals surface area contributed by atoms with Crippen molar-refractivity contribution < 1.29 is 18.3 Å². The normalized spacial score (nSPS) is 16.0. The molecule has 32 heavy (non-hydrogen) atoms. The van der Waals surface area contributed by atoms with Gasteiger partial charge in [-0.05, 0) is 42.8 Å². The Morgan fingerprint density at radius 3 is 2.75 bits per heavy atom. The summed E-state index contributed by atoms with van der Waals surface area (Å²) >= 11 is 0. The van der Waals surface area contributed by atoms with E-state index in [1.807, 2.05) is 0 Å². The summed E-state index contributed by atoms with van der Waals surface area (Å²) < 4.78 is 32.6. The lowest BCUT2D eigenvalue weighted by Gasteiger charge is -2.34. The molecule has 0 unspecified atom stereocenters. The van der Waals surface area contributed by atoms with E-state index in [9.17, 15) is 13.6 Å². The monoisotopic (exact) mass is 439 g/mol. The van der Waals surface area contributed by atoms with Crippen LogP contribution in [-0.2, 0) is 11.2 Å². The van der Waals surface area contributed by atoms with Gasteiger partial charge in [-0.25, -0.2) is 18.7 Å². The Hall–Kier alpha value is -3.59. The molecular weight excluding hydrogens is 416 g/mol. The lowest BCUT2D eigenvalue weighted by molar-refractivity contribution is -0.115. The molecule has 9 heteroatoms. The van der Waals surface area contributed by atoms with Gasteiger partial charge >= 0.3 is 0 Å². The molecule has 1 saturated heterocycles. The number of aromatic nitrogens is 2. The first-order valence-corrected chi connectivity index (χ1v) is 10.3. The highest BCUT2D eigenvalue weighted by atomic mass is 19.1. The molecule has 1 atom stereocenters. The standard InChI is InChI=1S/C23H23F2N5O2/c1-15-13-26-8-9-30(15)21-12-23(28-14-27-21)32-19-6-4-18(5-7-19)29-22(31)10-16-2-3-17(24)11-20(16)25/h2-7,11-12,14-15,26H,8-10,13H2,1H3,(H,29,31)/t15-/m1/s1. The average molecular weight is 439 g/mol. The van der Waals surface area contributed by atoms with E-state index in [0.29, 0.717) is 23.4 Å². The van der Waals surface area contributed by atoms with E-state index in [4.69, 9.17) is 4.74 Å². The highest BCUT2D eigenvalue weighted by Crippen LogP contribution is 2.25. The summed E-state index contributed by atoms with van der Waals surface area (Å²) in [7, 11) is 0. The van der Waals surface area contributed by atoms with Crippen molar-refractivity contribution >= 4 is 17.4 Å². The molecule has 0 aliphatic carbocycles. The number of nitrogens with zero attached hydrogens (tertiary/aromatic N) is 3. The number of amides is 1. The van der Waals surface area contributed by atoms with Crippen molar-refractivity contribution in [2.45, 2.75) is 19.4 Å². The Morgan fingerprint density at radius 2 is 2.00 bits per heavy atom. The maximum absolute atomic E-state index is 13.7. The fourth-order valence-corrected chi connectivity index (χ4v) is 3.49. The van der Waals surface area contributed by atoms with Crippen molar-refractivity contribution in [3.63, 3.8) is 0 Å². The molecule has 0 radical (unpaired) electrons. The topological polar surface area (TPSA) is 79.4 Å². The van der Waals surface area contributed by atoms with Crippen LogP contribution in [0.3, 0.4) is 0 Å². The highest BCUT2D eigenvalue weighted by molar-refractivity contribution is 5.92. The van der Waals surface area contributed by atoms with Gasteiger partial charge in [-0.15, -0.1) is 0 Å². The highest BCUT2D eigenvalue weighted by Gasteiger charge is 2.20. The third-order valence-corrected chi connectivity index (χ3v) is 5.15. The quantitative estimate of drug-likeness (QED) is 0.612. The summed E-state index contributed by atoms with van der Waals surface area (Å²) in [6, 6.07) is 12.0. The van der Waals surface area contributed by atoms with Crippen molar-refractivity contribution in [2.75, 3.05) is 29.9 Å². The summed E-state index contributed by atoms with van der Waals surface area (Å²) in [5.41, 5.74) is 0.658. The minimum absolute atomic E-state index is 0.127. The Morgan fingerprint density at radius 1 is 1.19 bits per heavy atom. The molecule has 0 spiro atoms. The second kappa shape index (κ2) is 9.69. The van der Waals surface area contributed by atoms with Crippen LogP contribution in [0.25, 0.3) is 0 Å². The number of anilines is 2. The van der Waals surface area contributed by atoms with Crippen molar-refractivity contribution in [1.29, 1.82) is 0 Å². The van der Waals surface area contributed by atoms with Gasteiger partial charge in [0.25, 0.3) is 0 Å². The minimum Gasteiger partial charge on any atom is -0.439 e. The molecule has 3 aromatic rings. The summed E-state index contributed by atoms with van der Waals surface area (Å²) in [5, 5.41) is 6.03. The van der Waals surface area contributed by atoms with Gasteiger partial charge in [0.1, 0.15) is 29.5 Å². The molecule has 1 aliphatic heterocycles. The minimum atomic E-state index is -0.747. The van der Waals surface area contributed by atoms with Gasteiger partial charge in [-0.1, -0.05) is 6.07 Å². The molecule has 2 N–H and O–H groups in total. The second-order valence-corrected chi connectivity index (χ2v) is 7.55. The fourth-order valence-electron chi connectivity index (χ4n) is 3.49. The Kier molecular flexibility index (Phi) is 6.55. The van der Waals surface area contributed by atoms with E-state index >= 15 is 0 Å². The zero-order chi connectivity index (χ0) is 22.5. The predicted molar refractivity (Wildman–Crippen MR) is 117 cm³/mol. The fraction of sp³-hybridized carbons (Fsp3) is 0.261. The average Bonchev–Trinajstić information content (AvgIpc) is 2.78. The van der Waals surface area contributed by atoms with E-state index in [0.717, 1.165) is 37.6 Å². The van der Waals surface area contributed by atoms with E-state index in [1.165, 1.54) is 12.4 Å². The maximum atomic E-state index is 13.7. The molecule has 0 bridgehead atoms. The molecule has 2 heterocycles. The van der Waals surface area contributed by atoms with Crippen LogP contribution in [0.4, 0.5) is 20.3 Å². The number of nitrogens with one attached hydrogen (secondary N) is 2. The molecule has 1 aliphatic rings. The Bertz CT molecular complexity index is 1090. The van der Waals surface area contributed by atoms with E-state index in [1.54, 1.807) is 30.3 Å². The lowest BCUT2D eigenvalue weighted by Crippen LogP contribution is -2.50. The van der Waals surface area contributed by atoms with Crippen LogP contribution in [0.5, 0.6) is 11.6 Å². The number of piperazine rings is 1. The van der Waals surface area contributed by atoms with Crippen LogP contribution in [0.2, 0.25) is 0 Å². The first-order valence-electron chi connectivity index (χ1n) is 10.3. The molecule has 1 aromatic heterocycles. The van der Waals surface area contributed by atoms with Gasteiger partial charge < -0.3 is 20.3 Å². The van der Waals surface area contributed by atoms with Crippen molar-refractivity contribution in [3.8, 4) is 11.6 Å². The molecule has 1 fully saturated rings. The third kappa shape index (κ3) is 5.36. The summed E-state index contributed by atoms with van der Waals surface area (Å²) in [5.74, 6) is -0.0607. The maximum Gasteiger partial charge on any atom is 0.228 e. The van der Waals surface area contributed by atoms with Crippen molar-refractivity contribution in [2.24, 2.45) is 0 Å². The van der Waals surface area contributed by atoms with Gasteiger partial charge in [0.15, 0.2) is 0 Å². The van der Waals surface area contributed by atoms with Crippen LogP contribution in [0, 0.1) is 11.6 Å². The molecule has 2 aromatic carbocycles. The Balaban J connectivity index is 1.36. The zero-order valence-corrected chi connectivity index (χ0v) is 17.5. The number of hydrogen-bond donors (Lipinski definition) is 2. The number of hydrogen-bond acceptors (Lipinski definition) is 6. The third-order valence-electron chi connectivity index (χ3n) is 5.15. The van der Waals surface area contributed by atoms with Gasteiger partial charge in [0, 0.05) is 43.5 Å². The number of carbonyl (C=O) groups is 1. The second-order valence-electron chi connectivity index (χ2n) is 7.55. The van der Waals surface area contributed by atoms with Crippen molar-refractivity contribution in [3.05, 3.63) is 72.1 Å². The SMILES string of the molecule is C[C@@H]1CNCCN1c1cc(Oc2ccc(NC(=O)Cc3ccc(F)cc3F)cc2)ncn1. The number of ether oxygens (including phenoxy) is 1. The summed E-state index contributed by atoms with van der Waals surface area (Å²) in [6.07, 6.45) is 1.28. The van der Waals surface area contributed by atoms with E-state index in [-0.39, 0.29) is 12.0 Å². The van der Waals surface area contributed by atoms with Crippen molar-refractivity contribution in [1.82, 2.24) is 15.3 Å². The molecule has 7 nitrogen and oxygen atoms in total. The summed E-state index contributed by atoms with van der Waals surface area (Å²) in [4.78, 5) is 22.9. The lowest BCUT2D eigenvalue weighted by atomic mass is 10.1. The zero-order valence-electron chi connectivity index (χ0n) is 17.5. The molecule has 0 saturated carbocycles. The molecule has 166 valence electrons. The van der Waals surface area contributed by atoms with Gasteiger partial charge in [-0.2, -0.15) is 0 Å². The van der Waals surface area contributed by atoms with Gasteiger partial charge in [-0.3, -0.25) is 4.79 Å². The first kappa shape index (κ1) is 21.6. The number of carbonyl (C=O) groups excluding carboxylic acids is 1. The number of halogens is 2. The first-order chi connectivity index (χ1) is 15.5. The summed E-state index contributed by atoms with van der Waals surface area (Å²) in [6.45, 7) is 4.77. The molecule has 1 amide bonds. The van der Waals surface area contributed by atoms with E-state index < -0.39 is 17.5 Å². The largest absolute Gasteiger partial charge is 0.439 e. The molecule has 4 rings (SSSR count). The van der Waals surface area contributed by atoms with Gasteiger partial charge in [0.05, 0.1) is 6.42 Å². The Labute approximate surface area is 184 Å². The van der Waals surface area contributed by atoms with Gasteiger partial charge in [0.2, 0.25) is 11.8 Å². The van der Waals surface area contributed by atoms with Crippen LogP contribution in [0.15, 0.2) is 54.9 Å². The van der Waals surface area contributed by atoms with Crippen LogP contribution in [-0.4, -0.2) is 41.6 Å². The molecular formula is C23H23F2N5O2. The number of rotatable bonds is 6. The smallest absolute Gasteiger partial charge is 0.228 e. The van der Waals surface area contributed by atoms with Crippen LogP contribution < -0.4 is 20.3 Å². The predicted octanol–water partition coefficient (Wildman–Crippen LogP) is 3.53. The van der Waals surface area contributed by atoms with Crippen LogP contribution in [0.1, 0.15) is 12.5 Å². The number of benzene rings is 2. The van der Waals surface area contributed by atoms with E-state index in [2.05, 4.69) is 32.4 Å². The van der Waals surface area contributed by atoms with Crippen LogP contribution >= 0.6 is 0 Å².